The molecular weight excluding hydrogens is 203 g/mol. The smallest absolute Gasteiger partial charge is 0.130 e. The molecule has 2 rings (SSSR count). The van der Waals surface area contributed by atoms with Crippen molar-refractivity contribution in [2.75, 3.05) is 5.73 Å². The van der Waals surface area contributed by atoms with E-state index in [1.165, 1.54) is 12.1 Å². The van der Waals surface area contributed by atoms with Gasteiger partial charge in [0.05, 0.1) is 10.7 Å². The molecule has 0 aromatic heterocycles. The molecule has 0 spiro atoms. The number of benzene rings is 1. The first-order chi connectivity index (χ1) is 6.59. The molecule has 0 unspecified atom stereocenters. The predicted octanol–water partition coefficient (Wildman–Crippen LogP) is 2.47. The van der Waals surface area contributed by atoms with E-state index in [1.54, 1.807) is 0 Å². The van der Waals surface area contributed by atoms with Crippen molar-refractivity contribution in [3.8, 4) is 0 Å². The van der Waals surface area contributed by atoms with E-state index >= 15 is 0 Å². The molecule has 0 aliphatic heterocycles. The second-order valence-corrected chi connectivity index (χ2v) is 4.17. The molecule has 1 aliphatic rings. The summed E-state index contributed by atoms with van der Waals surface area (Å²) >= 11 is 5.81. The minimum atomic E-state index is -0.355. The van der Waals surface area contributed by atoms with Crippen molar-refractivity contribution in [2.45, 2.75) is 18.9 Å². The number of halogens is 2. The van der Waals surface area contributed by atoms with E-state index in [2.05, 4.69) is 0 Å². The fourth-order valence-electron chi connectivity index (χ4n) is 1.54. The molecule has 2 nitrogen and oxygen atoms in total. The summed E-state index contributed by atoms with van der Waals surface area (Å²) in [5.41, 5.74) is 12.1. The summed E-state index contributed by atoms with van der Waals surface area (Å²) in [6, 6.07) is 2.53. The Kier molecular flexibility index (Phi) is 2.37. The molecule has 1 fully saturated rings. The Hall–Kier alpha value is -0.800. The third-order valence-electron chi connectivity index (χ3n) is 2.60. The highest BCUT2D eigenvalue weighted by molar-refractivity contribution is 6.33. The van der Waals surface area contributed by atoms with Crippen LogP contribution >= 0.6 is 11.6 Å². The lowest BCUT2D eigenvalue weighted by Crippen LogP contribution is -2.14. The van der Waals surface area contributed by atoms with Crippen LogP contribution in [0.2, 0.25) is 5.02 Å². The lowest BCUT2D eigenvalue weighted by molar-refractivity contribution is 0.554. The van der Waals surface area contributed by atoms with E-state index in [4.69, 9.17) is 23.1 Å². The van der Waals surface area contributed by atoms with E-state index in [0.29, 0.717) is 16.5 Å². The molecule has 1 aliphatic carbocycles. The highest BCUT2D eigenvalue weighted by Crippen LogP contribution is 2.41. The summed E-state index contributed by atoms with van der Waals surface area (Å²) in [5.74, 6) is 0.0514. The number of nitrogen functional groups attached to an aromatic ring is 1. The van der Waals surface area contributed by atoms with Crippen LogP contribution in [-0.2, 0) is 0 Å². The van der Waals surface area contributed by atoms with Gasteiger partial charge in [-0.2, -0.15) is 0 Å². The Morgan fingerprint density at radius 3 is 2.64 bits per heavy atom. The molecule has 4 N–H and O–H groups in total. The summed E-state index contributed by atoms with van der Waals surface area (Å²) in [5, 5.41) is 0.373. The zero-order valence-electron chi connectivity index (χ0n) is 7.63. The minimum absolute atomic E-state index is 0.243. The quantitative estimate of drug-likeness (QED) is 0.744. The maximum atomic E-state index is 13.5. The number of rotatable bonds is 2. The minimum Gasteiger partial charge on any atom is -0.397 e. The van der Waals surface area contributed by atoms with Gasteiger partial charge in [0.15, 0.2) is 0 Å². The van der Waals surface area contributed by atoms with Crippen molar-refractivity contribution < 1.29 is 4.39 Å². The highest BCUT2D eigenvalue weighted by Gasteiger charge is 2.31. The Balaban J connectivity index is 2.36. The van der Waals surface area contributed by atoms with Crippen LogP contribution in [0, 0.1) is 11.7 Å². The maximum absolute atomic E-state index is 13.5. The van der Waals surface area contributed by atoms with Crippen LogP contribution in [0.5, 0.6) is 0 Å². The van der Waals surface area contributed by atoms with Gasteiger partial charge in [-0.1, -0.05) is 11.6 Å². The van der Waals surface area contributed by atoms with Crippen molar-refractivity contribution in [1.82, 2.24) is 0 Å². The summed E-state index contributed by atoms with van der Waals surface area (Å²) in [4.78, 5) is 0. The highest BCUT2D eigenvalue weighted by atomic mass is 35.5. The zero-order valence-corrected chi connectivity index (χ0v) is 8.39. The Labute approximate surface area is 87.0 Å². The lowest BCUT2D eigenvalue weighted by Gasteiger charge is -2.13. The van der Waals surface area contributed by atoms with Gasteiger partial charge in [0.2, 0.25) is 0 Å². The molecule has 0 radical (unpaired) electrons. The average Bonchev–Trinajstić information content (AvgIpc) is 2.93. The number of hydrogen-bond acceptors (Lipinski definition) is 2. The van der Waals surface area contributed by atoms with Crippen molar-refractivity contribution in [3.63, 3.8) is 0 Å². The third-order valence-corrected chi connectivity index (χ3v) is 2.93. The van der Waals surface area contributed by atoms with Gasteiger partial charge in [-0.15, -0.1) is 0 Å². The van der Waals surface area contributed by atoms with Crippen molar-refractivity contribution in [2.24, 2.45) is 11.7 Å². The fourth-order valence-corrected chi connectivity index (χ4v) is 1.71. The van der Waals surface area contributed by atoms with E-state index in [0.717, 1.165) is 12.8 Å². The molecule has 1 saturated carbocycles. The number of anilines is 1. The molecule has 76 valence electrons. The van der Waals surface area contributed by atoms with Crippen molar-refractivity contribution in [1.29, 1.82) is 0 Å². The molecule has 0 amide bonds. The van der Waals surface area contributed by atoms with Gasteiger partial charge in [-0.25, -0.2) is 4.39 Å². The first kappa shape index (κ1) is 9.74. The van der Waals surface area contributed by atoms with Crippen molar-refractivity contribution >= 4 is 17.3 Å². The number of nitrogens with two attached hydrogens (primary N) is 2. The van der Waals surface area contributed by atoms with Gasteiger partial charge < -0.3 is 11.5 Å². The van der Waals surface area contributed by atoms with E-state index in [1.807, 2.05) is 0 Å². The normalized spacial score (nSPS) is 18.2. The first-order valence-corrected chi connectivity index (χ1v) is 4.97. The van der Waals surface area contributed by atoms with E-state index in [-0.39, 0.29) is 17.5 Å². The van der Waals surface area contributed by atoms with Crippen LogP contribution in [-0.4, -0.2) is 0 Å². The van der Waals surface area contributed by atoms with E-state index in [9.17, 15) is 4.39 Å². The molecular formula is C10H12ClFN2. The SMILES string of the molecule is Nc1cc(F)c([C@@H](N)C2CC2)cc1Cl. The summed E-state index contributed by atoms with van der Waals surface area (Å²) < 4.78 is 13.5. The molecule has 14 heavy (non-hydrogen) atoms. The second-order valence-electron chi connectivity index (χ2n) is 3.76. The Morgan fingerprint density at radius 2 is 2.07 bits per heavy atom. The Bertz CT molecular complexity index is 363. The topological polar surface area (TPSA) is 52.0 Å². The van der Waals surface area contributed by atoms with Gasteiger partial charge >= 0.3 is 0 Å². The molecule has 0 saturated heterocycles. The zero-order chi connectivity index (χ0) is 10.3. The van der Waals surface area contributed by atoms with Crippen LogP contribution in [0.1, 0.15) is 24.4 Å². The summed E-state index contributed by atoms with van der Waals surface area (Å²) in [6.45, 7) is 0. The van der Waals surface area contributed by atoms with Crippen LogP contribution < -0.4 is 11.5 Å². The largest absolute Gasteiger partial charge is 0.397 e. The average molecular weight is 215 g/mol. The number of hydrogen-bond donors (Lipinski definition) is 2. The molecule has 4 heteroatoms. The van der Waals surface area contributed by atoms with E-state index < -0.39 is 0 Å². The van der Waals surface area contributed by atoms with Crippen LogP contribution in [0.15, 0.2) is 12.1 Å². The van der Waals surface area contributed by atoms with Crippen LogP contribution in [0.4, 0.5) is 10.1 Å². The fraction of sp³-hybridized carbons (Fsp3) is 0.400. The van der Waals surface area contributed by atoms with Gasteiger partial charge in [0.25, 0.3) is 0 Å². The Morgan fingerprint density at radius 1 is 1.43 bits per heavy atom. The molecule has 1 aromatic rings. The molecule has 0 heterocycles. The second kappa shape index (κ2) is 3.41. The molecule has 0 bridgehead atoms. The van der Waals surface area contributed by atoms with Gasteiger partial charge in [-0.05, 0) is 30.9 Å². The summed E-state index contributed by atoms with van der Waals surface area (Å²) in [7, 11) is 0. The lowest BCUT2D eigenvalue weighted by atomic mass is 10.0. The van der Waals surface area contributed by atoms with Crippen molar-refractivity contribution in [3.05, 3.63) is 28.5 Å². The monoisotopic (exact) mass is 214 g/mol. The standard InChI is InChI=1S/C10H12ClFN2/c11-7-3-6(8(12)4-9(7)13)10(14)5-1-2-5/h3-5,10H,1-2,13-14H2/t10-/m0/s1. The van der Waals surface area contributed by atoms with Gasteiger partial charge in [0.1, 0.15) is 5.82 Å². The molecule has 1 aromatic carbocycles. The van der Waals surface area contributed by atoms with Gasteiger partial charge in [0, 0.05) is 11.6 Å². The van der Waals surface area contributed by atoms with Crippen LogP contribution in [0.3, 0.4) is 0 Å². The first-order valence-electron chi connectivity index (χ1n) is 4.59. The third kappa shape index (κ3) is 1.70. The maximum Gasteiger partial charge on any atom is 0.130 e. The van der Waals surface area contributed by atoms with Gasteiger partial charge in [-0.3, -0.25) is 0 Å². The predicted molar refractivity (Wildman–Crippen MR) is 55.5 cm³/mol. The summed E-state index contributed by atoms with van der Waals surface area (Å²) in [6.07, 6.45) is 2.14. The van der Waals surface area contributed by atoms with Crippen LogP contribution in [0.25, 0.3) is 0 Å². The molecule has 1 atom stereocenters.